The van der Waals surface area contributed by atoms with Crippen molar-refractivity contribution in [2.75, 3.05) is 18.0 Å². The maximum Gasteiger partial charge on any atom is 0.163 e. The van der Waals surface area contributed by atoms with E-state index in [4.69, 9.17) is 0 Å². The van der Waals surface area contributed by atoms with Gasteiger partial charge in [0.05, 0.1) is 0 Å². The van der Waals surface area contributed by atoms with Crippen molar-refractivity contribution in [1.29, 1.82) is 0 Å². The number of anilines is 1. The number of ketones is 2. The van der Waals surface area contributed by atoms with Gasteiger partial charge in [0, 0.05) is 42.7 Å². The predicted molar refractivity (Wildman–Crippen MR) is 104 cm³/mol. The summed E-state index contributed by atoms with van der Waals surface area (Å²) in [5.41, 5.74) is 5.09. The number of hydrogen-bond acceptors (Lipinski definition) is 3. The van der Waals surface area contributed by atoms with Crippen LogP contribution in [0, 0.1) is 5.82 Å². The van der Waals surface area contributed by atoms with Gasteiger partial charge in [-0.2, -0.15) is 0 Å². The van der Waals surface area contributed by atoms with Gasteiger partial charge >= 0.3 is 0 Å². The SMILES string of the molecule is O=C1CCc2cc(F)ccc21.O=C1CCc2cc(N3CCCCC3)ccc21. The first kappa shape index (κ1) is 17.9. The van der Waals surface area contributed by atoms with Gasteiger partial charge in [0.1, 0.15) is 5.82 Å². The number of nitrogens with zero attached hydrogens (tertiary/aromatic N) is 1. The molecule has 2 aromatic carbocycles. The molecule has 1 heterocycles. The first-order valence-corrected chi connectivity index (χ1v) is 9.84. The second-order valence-corrected chi connectivity index (χ2v) is 7.54. The van der Waals surface area contributed by atoms with Crippen molar-refractivity contribution in [2.24, 2.45) is 0 Å². The second kappa shape index (κ2) is 7.63. The lowest BCUT2D eigenvalue weighted by Crippen LogP contribution is -2.29. The average Bonchev–Trinajstić information content (AvgIpc) is 3.25. The van der Waals surface area contributed by atoms with Gasteiger partial charge in [-0.25, -0.2) is 4.39 Å². The smallest absolute Gasteiger partial charge is 0.163 e. The van der Waals surface area contributed by atoms with Crippen molar-refractivity contribution in [3.63, 3.8) is 0 Å². The van der Waals surface area contributed by atoms with Crippen LogP contribution in [0.5, 0.6) is 0 Å². The Morgan fingerprint density at radius 2 is 1.30 bits per heavy atom. The first-order valence-electron chi connectivity index (χ1n) is 9.84. The minimum atomic E-state index is -0.251. The highest BCUT2D eigenvalue weighted by Crippen LogP contribution is 2.28. The predicted octanol–water partition coefficient (Wildman–Crippen LogP) is 4.76. The van der Waals surface area contributed by atoms with Crippen LogP contribution in [0.1, 0.15) is 63.9 Å². The minimum Gasteiger partial charge on any atom is -0.372 e. The van der Waals surface area contributed by atoms with Crippen molar-refractivity contribution < 1.29 is 14.0 Å². The Hall–Kier alpha value is -2.49. The fourth-order valence-corrected chi connectivity index (χ4v) is 4.21. The monoisotopic (exact) mass is 365 g/mol. The molecule has 4 heteroatoms. The van der Waals surface area contributed by atoms with Crippen LogP contribution in [-0.4, -0.2) is 24.7 Å². The number of fused-ring (bicyclic) bond motifs is 2. The van der Waals surface area contributed by atoms with E-state index < -0.39 is 0 Å². The summed E-state index contributed by atoms with van der Waals surface area (Å²) in [6.45, 7) is 2.35. The highest BCUT2D eigenvalue weighted by molar-refractivity contribution is 6.01. The van der Waals surface area contributed by atoms with Crippen molar-refractivity contribution in [2.45, 2.75) is 44.9 Å². The summed E-state index contributed by atoms with van der Waals surface area (Å²) in [5.74, 6) is 0.207. The normalized spacial score (nSPS) is 18.0. The number of benzene rings is 2. The third-order valence-corrected chi connectivity index (χ3v) is 5.72. The molecule has 140 valence electrons. The molecule has 0 amide bonds. The van der Waals surface area contributed by atoms with Gasteiger partial charge in [-0.1, -0.05) is 0 Å². The van der Waals surface area contributed by atoms with Gasteiger partial charge in [-0.05, 0) is 79.6 Å². The number of piperidine rings is 1. The van der Waals surface area contributed by atoms with E-state index in [9.17, 15) is 14.0 Å². The highest BCUT2D eigenvalue weighted by atomic mass is 19.1. The molecular formula is C23H24FNO2. The maximum atomic E-state index is 12.6. The van der Waals surface area contributed by atoms with Gasteiger partial charge in [0.25, 0.3) is 0 Å². The Balaban J connectivity index is 0.000000143. The third-order valence-electron chi connectivity index (χ3n) is 5.72. The first-order chi connectivity index (χ1) is 13.1. The van der Waals surface area contributed by atoms with E-state index in [0.717, 1.165) is 17.5 Å². The van der Waals surface area contributed by atoms with Gasteiger partial charge in [-0.15, -0.1) is 0 Å². The summed E-state index contributed by atoms with van der Waals surface area (Å²) in [7, 11) is 0. The van der Waals surface area contributed by atoms with Crippen LogP contribution in [-0.2, 0) is 12.8 Å². The second-order valence-electron chi connectivity index (χ2n) is 7.54. The zero-order chi connectivity index (χ0) is 18.8. The van der Waals surface area contributed by atoms with Gasteiger partial charge in [-0.3, -0.25) is 9.59 Å². The minimum absolute atomic E-state index is 0.139. The molecule has 5 rings (SSSR count). The molecule has 0 atom stereocenters. The Morgan fingerprint density at radius 1 is 0.704 bits per heavy atom. The van der Waals surface area contributed by atoms with Crippen molar-refractivity contribution >= 4 is 17.3 Å². The molecule has 2 aliphatic carbocycles. The quantitative estimate of drug-likeness (QED) is 0.731. The lowest BCUT2D eigenvalue weighted by molar-refractivity contribution is 0.0986. The van der Waals surface area contributed by atoms with E-state index >= 15 is 0 Å². The summed E-state index contributed by atoms with van der Waals surface area (Å²) in [6.07, 6.45) is 6.85. The average molecular weight is 365 g/mol. The van der Waals surface area contributed by atoms with E-state index in [1.165, 1.54) is 55.7 Å². The number of carbonyl (C=O) groups excluding carboxylic acids is 2. The third kappa shape index (κ3) is 3.80. The Bertz CT molecular complexity index is 884. The van der Waals surface area contributed by atoms with Crippen LogP contribution in [0.2, 0.25) is 0 Å². The molecule has 3 nitrogen and oxygen atoms in total. The molecule has 0 radical (unpaired) electrons. The summed E-state index contributed by atoms with van der Waals surface area (Å²) in [6, 6.07) is 10.7. The van der Waals surface area contributed by atoms with Crippen LogP contribution in [0.15, 0.2) is 36.4 Å². The fraction of sp³-hybridized carbons (Fsp3) is 0.391. The Labute approximate surface area is 159 Å². The van der Waals surface area contributed by atoms with Crippen LogP contribution in [0.25, 0.3) is 0 Å². The number of aryl methyl sites for hydroxylation is 2. The Morgan fingerprint density at radius 3 is 1.96 bits per heavy atom. The van der Waals surface area contributed by atoms with E-state index in [-0.39, 0.29) is 11.6 Å². The summed E-state index contributed by atoms with van der Waals surface area (Å²) in [5, 5.41) is 0. The van der Waals surface area contributed by atoms with Gasteiger partial charge in [0.15, 0.2) is 11.6 Å². The van der Waals surface area contributed by atoms with E-state index in [2.05, 4.69) is 17.0 Å². The van der Waals surface area contributed by atoms with E-state index in [1.807, 2.05) is 6.07 Å². The Kier molecular flexibility index (Phi) is 5.06. The number of hydrogen-bond donors (Lipinski definition) is 0. The van der Waals surface area contributed by atoms with Crippen LogP contribution >= 0.6 is 0 Å². The number of carbonyl (C=O) groups is 2. The molecule has 0 saturated carbocycles. The molecule has 27 heavy (non-hydrogen) atoms. The molecule has 1 saturated heterocycles. The largest absolute Gasteiger partial charge is 0.372 e. The lowest BCUT2D eigenvalue weighted by atomic mass is 10.1. The standard InChI is InChI=1S/C14H17NO.C9H7FO/c16-14-7-4-11-10-12(5-6-13(11)14)15-8-2-1-3-9-15;10-7-2-3-8-6(5-7)1-4-9(8)11/h5-6,10H,1-4,7-9H2;2-3,5H,1,4H2. The molecule has 2 aromatic rings. The molecule has 1 aliphatic heterocycles. The summed E-state index contributed by atoms with van der Waals surface area (Å²) in [4.78, 5) is 25.0. The topological polar surface area (TPSA) is 37.4 Å². The fourth-order valence-electron chi connectivity index (χ4n) is 4.21. The van der Waals surface area contributed by atoms with Crippen molar-refractivity contribution in [1.82, 2.24) is 0 Å². The van der Waals surface area contributed by atoms with Crippen LogP contribution in [0.4, 0.5) is 10.1 Å². The molecule has 0 spiro atoms. The molecule has 0 N–H and O–H groups in total. The van der Waals surface area contributed by atoms with Crippen LogP contribution < -0.4 is 4.90 Å². The van der Waals surface area contributed by atoms with Gasteiger partial charge < -0.3 is 4.90 Å². The van der Waals surface area contributed by atoms with Crippen molar-refractivity contribution in [3.8, 4) is 0 Å². The molecule has 0 aromatic heterocycles. The van der Waals surface area contributed by atoms with E-state index in [0.29, 0.717) is 30.6 Å². The highest BCUT2D eigenvalue weighted by Gasteiger charge is 2.21. The molecule has 0 bridgehead atoms. The van der Waals surface area contributed by atoms with Gasteiger partial charge in [0.2, 0.25) is 0 Å². The number of Topliss-reactive ketones (excluding diaryl/α,β-unsaturated/α-hetero) is 2. The molecule has 1 fully saturated rings. The summed E-state index contributed by atoms with van der Waals surface area (Å²) < 4.78 is 12.6. The summed E-state index contributed by atoms with van der Waals surface area (Å²) >= 11 is 0. The lowest BCUT2D eigenvalue weighted by Gasteiger charge is -2.29. The zero-order valence-corrected chi connectivity index (χ0v) is 15.5. The number of halogens is 1. The molecular weight excluding hydrogens is 341 g/mol. The van der Waals surface area contributed by atoms with Crippen LogP contribution in [0.3, 0.4) is 0 Å². The van der Waals surface area contributed by atoms with Crippen molar-refractivity contribution in [3.05, 3.63) is 64.5 Å². The van der Waals surface area contributed by atoms with E-state index in [1.54, 1.807) is 6.07 Å². The molecule has 3 aliphatic rings. The molecule has 0 unspecified atom stereocenters. The zero-order valence-electron chi connectivity index (χ0n) is 15.5. The maximum absolute atomic E-state index is 12.6. The number of rotatable bonds is 1.